The molecule has 0 aromatic carbocycles. The lowest BCUT2D eigenvalue weighted by Crippen LogP contribution is -2.41. The molecule has 18 heavy (non-hydrogen) atoms. The Kier molecular flexibility index (Phi) is 2.11. The molecule has 0 aromatic heterocycles. The number of ether oxygens (including phenoxy) is 3. The summed E-state index contributed by atoms with van der Waals surface area (Å²) in [7, 11) is 2.65. The van der Waals surface area contributed by atoms with Gasteiger partial charge in [0.05, 0.1) is 27.4 Å². The van der Waals surface area contributed by atoms with Crippen molar-refractivity contribution in [2.24, 2.45) is 15.6 Å². The molecule has 2 fully saturated rings. The summed E-state index contributed by atoms with van der Waals surface area (Å²) in [5, 5.41) is 8.24. The molecule has 7 nitrogen and oxygen atoms in total. The highest BCUT2D eigenvalue weighted by Gasteiger charge is 2.80. The maximum atomic E-state index is 11.9. The summed E-state index contributed by atoms with van der Waals surface area (Å²) in [6.45, 7) is 0.321. The van der Waals surface area contributed by atoms with Gasteiger partial charge in [0.25, 0.3) is 0 Å². The molecule has 2 heterocycles. The number of carbonyl (C=O) groups is 2. The average Bonchev–Trinajstić information content (AvgIpc) is 2.83. The normalized spacial score (nSPS) is 43.9. The van der Waals surface area contributed by atoms with E-state index in [2.05, 4.69) is 10.2 Å². The van der Waals surface area contributed by atoms with Crippen LogP contribution >= 0.6 is 0 Å². The second kappa shape index (κ2) is 3.28. The number of hydrogen-bond donors (Lipinski definition) is 0. The van der Waals surface area contributed by atoms with Crippen LogP contribution in [0.2, 0.25) is 0 Å². The van der Waals surface area contributed by atoms with Crippen LogP contribution in [0, 0.1) is 5.41 Å². The fourth-order valence-corrected chi connectivity index (χ4v) is 3.10. The lowest BCUT2D eigenvalue weighted by molar-refractivity contribution is -0.151. The van der Waals surface area contributed by atoms with Gasteiger partial charge in [-0.25, -0.2) is 4.79 Å². The number of hydrogen-bond acceptors (Lipinski definition) is 7. The van der Waals surface area contributed by atoms with Crippen molar-refractivity contribution in [1.82, 2.24) is 0 Å². The molecule has 0 amide bonds. The summed E-state index contributed by atoms with van der Waals surface area (Å²) in [4.78, 5) is 23.7. The van der Waals surface area contributed by atoms with Crippen molar-refractivity contribution in [2.75, 3.05) is 27.4 Å². The van der Waals surface area contributed by atoms with Crippen LogP contribution in [0.15, 0.2) is 10.2 Å². The minimum absolute atomic E-state index is 0.101. The number of rotatable bonds is 2. The predicted octanol–water partition coefficient (Wildman–Crippen LogP) is 0.0862. The van der Waals surface area contributed by atoms with Crippen LogP contribution in [0.4, 0.5) is 0 Å². The highest BCUT2D eigenvalue weighted by atomic mass is 16.5. The Labute approximate surface area is 103 Å². The van der Waals surface area contributed by atoms with Gasteiger partial charge in [-0.05, 0) is 6.42 Å². The summed E-state index contributed by atoms with van der Waals surface area (Å²) in [5.41, 5.74) is -2.48. The lowest BCUT2D eigenvalue weighted by Gasteiger charge is -2.20. The van der Waals surface area contributed by atoms with E-state index in [0.29, 0.717) is 12.8 Å². The number of esters is 2. The van der Waals surface area contributed by atoms with Crippen molar-refractivity contribution in [3.63, 3.8) is 0 Å². The van der Waals surface area contributed by atoms with Gasteiger partial charge in [0, 0.05) is 6.42 Å². The maximum absolute atomic E-state index is 11.9. The Morgan fingerprint density at radius 1 is 1.06 bits per heavy atom. The van der Waals surface area contributed by atoms with E-state index in [1.165, 1.54) is 14.2 Å². The van der Waals surface area contributed by atoms with Crippen LogP contribution in [0.3, 0.4) is 0 Å². The van der Waals surface area contributed by atoms with Crippen molar-refractivity contribution in [3.05, 3.63) is 0 Å². The number of carbonyl (C=O) groups excluding carboxylic acids is 2. The summed E-state index contributed by atoms with van der Waals surface area (Å²) in [6.07, 6.45) is 0.886. The Morgan fingerprint density at radius 3 is 2.44 bits per heavy atom. The van der Waals surface area contributed by atoms with Gasteiger partial charge in [0.2, 0.25) is 5.54 Å². The topological polar surface area (TPSA) is 86.5 Å². The standard InChI is InChI=1S/C11H14N2O5/c1-16-7(14)9-3-11(9)4-10(12-13-11,6-18-5-9)8(15)17-2/h3-6H2,1-2H3. The van der Waals surface area contributed by atoms with Gasteiger partial charge in [-0.3, -0.25) is 4.79 Å². The van der Waals surface area contributed by atoms with E-state index in [1.54, 1.807) is 0 Å². The summed E-state index contributed by atoms with van der Waals surface area (Å²) >= 11 is 0. The highest BCUT2D eigenvalue weighted by molar-refractivity contribution is 5.87. The number of nitrogens with zero attached hydrogens (tertiary/aromatic N) is 2. The number of methoxy groups -OCH3 is 2. The molecule has 3 rings (SSSR count). The molecule has 0 aromatic rings. The molecule has 3 aliphatic rings. The Morgan fingerprint density at radius 2 is 1.78 bits per heavy atom. The van der Waals surface area contributed by atoms with E-state index in [0.717, 1.165) is 0 Å². The SMILES string of the molecule is COC(=O)C12COCC3(C(=O)OC)CC3(C1)N=N2. The fourth-order valence-electron chi connectivity index (χ4n) is 3.10. The van der Waals surface area contributed by atoms with E-state index in [4.69, 9.17) is 14.2 Å². The first kappa shape index (κ1) is 11.6. The van der Waals surface area contributed by atoms with Crippen molar-refractivity contribution in [2.45, 2.75) is 23.9 Å². The first-order valence-corrected chi connectivity index (χ1v) is 5.73. The van der Waals surface area contributed by atoms with Crippen LogP contribution in [-0.2, 0) is 23.8 Å². The van der Waals surface area contributed by atoms with Crippen molar-refractivity contribution < 1.29 is 23.8 Å². The monoisotopic (exact) mass is 254 g/mol. The molecule has 1 aliphatic carbocycles. The van der Waals surface area contributed by atoms with Crippen molar-refractivity contribution >= 4 is 11.9 Å². The Balaban J connectivity index is 1.95. The summed E-state index contributed by atoms with van der Waals surface area (Å²) in [5.74, 6) is -0.806. The van der Waals surface area contributed by atoms with E-state index in [9.17, 15) is 9.59 Å². The van der Waals surface area contributed by atoms with Crippen LogP contribution in [0.5, 0.6) is 0 Å². The molecule has 98 valence electrons. The molecule has 1 saturated heterocycles. The van der Waals surface area contributed by atoms with Gasteiger partial charge in [-0.2, -0.15) is 10.2 Å². The lowest BCUT2D eigenvalue weighted by atomic mass is 9.89. The summed E-state index contributed by atoms with van der Waals surface area (Å²) < 4.78 is 15.1. The van der Waals surface area contributed by atoms with Gasteiger partial charge in [-0.1, -0.05) is 0 Å². The van der Waals surface area contributed by atoms with Crippen LogP contribution in [-0.4, -0.2) is 50.4 Å². The van der Waals surface area contributed by atoms with Gasteiger partial charge in [-0.15, -0.1) is 0 Å². The van der Waals surface area contributed by atoms with Gasteiger partial charge >= 0.3 is 11.9 Å². The number of azo groups is 1. The molecule has 1 saturated carbocycles. The minimum atomic E-state index is -1.08. The number of fused-ring (bicyclic) bond motifs is 1. The third kappa shape index (κ3) is 1.12. The van der Waals surface area contributed by atoms with Gasteiger partial charge in [0.1, 0.15) is 11.0 Å². The first-order valence-electron chi connectivity index (χ1n) is 5.73. The Bertz CT molecular complexity index is 464. The molecule has 3 unspecified atom stereocenters. The molecular formula is C11H14N2O5. The molecule has 2 bridgehead atoms. The van der Waals surface area contributed by atoms with E-state index >= 15 is 0 Å². The molecular weight excluding hydrogens is 240 g/mol. The molecule has 0 radical (unpaired) electrons. The van der Waals surface area contributed by atoms with Crippen molar-refractivity contribution in [3.8, 4) is 0 Å². The summed E-state index contributed by atoms with van der Waals surface area (Å²) in [6, 6.07) is 0. The fraction of sp³-hybridized carbons (Fsp3) is 0.818. The second-order valence-electron chi connectivity index (χ2n) is 5.17. The zero-order valence-electron chi connectivity index (χ0n) is 10.3. The molecule has 7 heteroatoms. The minimum Gasteiger partial charge on any atom is -0.468 e. The van der Waals surface area contributed by atoms with Crippen LogP contribution in [0.25, 0.3) is 0 Å². The van der Waals surface area contributed by atoms with E-state index in [1.807, 2.05) is 0 Å². The van der Waals surface area contributed by atoms with E-state index in [-0.39, 0.29) is 19.2 Å². The van der Waals surface area contributed by atoms with Crippen molar-refractivity contribution in [1.29, 1.82) is 0 Å². The first-order chi connectivity index (χ1) is 8.54. The van der Waals surface area contributed by atoms with Gasteiger partial charge < -0.3 is 14.2 Å². The largest absolute Gasteiger partial charge is 0.468 e. The van der Waals surface area contributed by atoms with E-state index < -0.39 is 22.5 Å². The van der Waals surface area contributed by atoms with Gasteiger partial charge in [0.15, 0.2) is 0 Å². The van der Waals surface area contributed by atoms with Crippen LogP contribution < -0.4 is 0 Å². The predicted molar refractivity (Wildman–Crippen MR) is 56.8 cm³/mol. The maximum Gasteiger partial charge on any atom is 0.338 e. The molecule has 1 spiro atoms. The average molecular weight is 254 g/mol. The highest BCUT2D eigenvalue weighted by Crippen LogP contribution is 2.67. The molecule has 0 N–H and O–H groups in total. The molecule has 2 aliphatic heterocycles. The van der Waals surface area contributed by atoms with Crippen LogP contribution in [0.1, 0.15) is 12.8 Å². The Hall–Kier alpha value is -1.50. The smallest absolute Gasteiger partial charge is 0.338 e. The second-order valence-corrected chi connectivity index (χ2v) is 5.17. The molecule has 3 atom stereocenters. The zero-order valence-corrected chi connectivity index (χ0v) is 10.3. The third-order valence-corrected chi connectivity index (χ3v) is 4.21. The zero-order chi connectivity index (χ0) is 13.0. The third-order valence-electron chi connectivity index (χ3n) is 4.21. The quantitative estimate of drug-likeness (QED) is 0.651.